The van der Waals surface area contributed by atoms with Crippen LogP contribution < -0.4 is 0 Å². The predicted octanol–water partition coefficient (Wildman–Crippen LogP) is 4.45. The first-order valence-corrected chi connectivity index (χ1v) is 8.25. The number of carbonyl (C=O) groups is 1. The summed E-state index contributed by atoms with van der Waals surface area (Å²) in [7, 11) is 0. The van der Waals surface area contributed by atoms with Gasteiger partial charge in [0.1, 0.15) is 12.3 Å². The van der Waals surface area contributed by atoms with Crippen LogP contribution in [0.5, 0.6) is 0 Å². The standard InChI is InChI=1S/C21H19NO2/c1-14-19-17-10-6-5-9-16(17)11-12-18(19)22-20(14)21(23)24-13-15-7-3-2-4-8-15/h2-10,22H,11-13H2,1H3. The van der Waals surface area contributed by atoms with Gasteiger partial charge in [-0.25, -0.2) is 4.79 Å². The summed E-state index contributed by atoms with van der Waals surface area (Å²) in [6.07, 6.45) is 1.93. The zero-order valence-electron chi connectivity index (χ0n) is 13.6. The lowest BCUT2D eigenvalue weighted by Crippen LogP contribution is -2.07. The lowest BCUT2D eigenvalue weighted by Gasteiger charge is -2.16. The second kappa shape index (κ2) is 6.00. The Morgan fingerprint density at radius 3 is 2.62 bits per heavy atom. The third-order valence-electron chi connectivity index (χ3n) is 4.68. The van der Waals surface area contributed by atoms with Gasteiger partial charge in [-0.1, -0.05) is 54.6 Å². The highest BCUT2D eigenvalue weighted by Crippen LogP contribution is 2.37. The molecule has 0 saturated heterocycles. The summed E-state index contributed by atoms with van der Waals surface area (Å²) in [5, 5.41) is 0. The van der Waals surface area contributed by atoms with Gasteiger partial charge in [0, 0.05) is 11.3 Å². The van der Waals surface area contributed by atoms with Gasteiger partial charge < -0.3 is 9.72 Å². The number of H-pyrrole nitrogens is 1. The monoisotopic (exact) mass is 317 g/mol. The molecule has 4 rings (SSSR count). The van der Waals surface area contributed by atoms with E-state index >= 15 is 0 Å². The second-order valence-electron chi connectivity index (χ2n) is 6.20. The van der Waals surface area contributed by atoms with Crippen LogP contribution >= 0.6 is 0 Å². The fourth-order valence-corrected chi connectivity index (χ4v) is 3.45. The number of fused-ring (bicyclic) bond motifs is 3. The van der Waals surface area contributed by atoms with Crippen LogP contribution in [0.4, 0.5) is 0 Å². The van der Waals surface area contributed by atoms with Gasteiger partial charge in [-0.2, -0.15) is 0 Å². The van der Waals surface area contributed by atoms with E-state index in [2.05, 4.69) is 23.2 Å². The molecule has 0 saturated carbocycles. The number of nitrogens with one attached hydrogen (secondary N) is 1. The number of benzene rings is 2. The zero-order valence-corrected chi connectivity index (χ0v) is 13.6. The van der Waals surface area contributed by atoms with Crippen molar-refractivity contribution in [3.05, 3.63) is 82.7 Å². The highest BCUT2D eigenvalue weighted by atomic mass is 16.5. The SMILES string of the molecule is Cc1c(C(=O)OCc2ccccc2)[nH]c2c1-c1ccccc1CC2. The molecule has 0 fully saturated rings. The third-order valence-corrected chi connectivity index (χ3v) is 4.68. The van der Waals surface area contributed by atoms with Crippen LogP contribution in [-0.2, 0) is 24.2 Å². The number of esters is 1. The minimum absolute atomic E-state index is 0.289. The average Bonchev–Trinajstić information content (AvgIpc) is 2.98. The quantitative estimate of drug-likeness (QED) is 0.725. The van der Waals surface area contributed by atoms with Crippen molar-refractivity contribution in [2.24, 2.45) is 0 Å². The van der Waals surface area contributed by atoms with E-state index in [1.165, 1.54) is 16.7 Å². The smallest absolute Gasteiger partial charge is 0.355 e. The Hall–Kier alpha value is -2.81. The Morgan fingerprint density at radius 1 is 1.04 bits per heavy atom. The molecule has 0 bridgehead atoms. The molecule has 3 aromatic rings. The molecule has 0 aliphatic heterocycles. The Kier molecular flexibility index (Phi) is 3.69. The van der Waals surface area contributed by atoms with E-state index in [-0.39, 0.29) is 5.97 Å². The highest BCUT2D eigenvalue weighted by Gasteiger charge is 2.25. The van der Waals surface area contributed by atoms with E-state index < -0.39 is 0 Å². The Bertz CT molecular complexity index is 893. The van der Waals surface area contributed by atoms with Gasteiger partial charge >= 0.3 is 5.97 Å². The molecule has 1 N–H and O–H groups in total. The number of aryl methyl sites for hydroxylation is 2. The molecule has 0 atom stereocenters. The number of rotatable bonds is 3. The van der Waals surface area contributed by atoms with E-state index in [9.17, 15) is 4.79 Å². The third kappa shape index (κ3) is 2.52. The van der Waals surface area contributed by atoms with Crippen LogP contribution in [0, 0.1) is 6.92 Å². The molecule has 0 spiro atoms. The molecule has 1 heterocycles. The summed E-state index contributed by atoms with van der Waals surface area (Å²) in [6, 6.07) is 18.2. The van der Waals surface area contributed by atoms with Crippen LogP contribution in [0.1, 0.15) is 32.9 Å². The topological polar surface area (TPSA) is 42.1 Å². The first-order valence-electron chi connectivity index (χ1n) is 8.25. The van der Waals surface area contributed by atoms with Gasteiger partial charge in [0.2, 0.25) is 0 Å². The minimum Gasteiger partial charge on any atom is -0.456 e. The molecule has 3 nitrogen and oxygen atoms in total. The highest BCUT2D eigenvalue weighted by molar-refractivity contribution is 5.93. The van der Waals surface area contributed by atoms with Gasteiger partial charge in [-0.15, -0.1) is 0 Å². The second-order valence-corrected chi connectivity index (χ2v) is 6.20. The van der Waals surface area contributed by atoms with Crippen LogP contribution in [0.15, 0.2) is 54.6 Å². The predicted molar refractivity (Wildman–Crippen MR) is 93.9 cm³/mol. The van der Waals surface area contributed by atoms with E-state index in [0.717, 1.165) is 29.7 Å². The summed E-state index contributed by atoms with van der Waals surface area (Å²) in [5.41, 5.74) is 7.43. The molecule has 120 valence electrons. The maximum Gasteiger partial charge on any atom is 0.355 e. The van der Waals surface area contributed by atoms with Gasteiger partial charge in [0.05, 0.1) is 0 Å². The molecule has 24 heavy (non-hydrogen) atoms. The average molecular weight is 317 g/mol. The number of ether oxygens (including phenoxy) is 1. The molecule has 1 aliphatic carbocycles. The van der Waals surface area contributed by atoms with E-state index in [1.54, 1.807) is 0 Å². The molecule has 2 aromatic carbocycles. The number of carbonyl (C=O) groups excluding carboxylic acids is 1. The molecule has 0 unspecified atom stereocenters. The summed E-state index contributed by atoms with van der Waals surface area (Å²) < 4.78 is 5.49. The van der Waals surface area contributed by atoms with Crippen molar-refractivity contribution >= 4 is 5.97 Å². The van der Waals surface area contributed by atoms with Crippen molar-refractivity contribution in [3.8, 4) is 11.1 Å². The molecule has 3 heteroatoms. The lowest BCUT2D eigenvalue weighted by atomic mass is 9.88. The minimum atomic E-state index is -0.289. The van der Waals surface area contributed by atoms with Crippen LogP contribution in [0.3, 0.4) is 0 Å². The summed E-state index contributed by atoms with van der Waals surface area (Å²) in [4.78, 5) is 15.8. The van der Waals surface area contributed by atoms with Crippen LogP contribution in [0.2, 0.25) is 0 Å². The first kappa shape index (κ1) is 14.8. The van der Waals surface area contributed by atoms with Crippen LogP contribution in [-0.4, -0.2) is 11.0 Å². The van der Waals surface area contributed by atoms with Crippen molar-refractivity contribution in [3.63, 3.8) is 0 Å². The molecule has 1 aromatic heterocycles. The summed E-state index contributed by atoms with van der Waals surface area (Å²) in [6.45, 7) is 2.29. The molecule has 1 aliphatic rings. The van der Waals surface area contributed by atoms with E-state index in [0.29, 0.717) is 12.3 Å². The molecular weight excluding hydrogens is 298 g/mol. The fourth-order valence-electron chi connectivity index (χ4n) is 3.45. The van der Waals surface area contributed by atoms with Gasteiger partial charge in [-0.3, -0.25) is 0 Å². The number of hydrogen-bond acceptors (Lipinski definition) is 2. The lowest BCUT2D eigenvalue weighted by molar-refractivity contribution is 0.0465. The van der Waals surface area contributed by atoms with Crippen molar-refractivity contribution in [2.45, 2.75) is 26.4 Å². The Morgan fingerprint density at radius 2 is 1.79 bits per heavy atom. The van der Waals surface area contributed by atoms with Gasteiger partial charge in [0.25, 0.3) is 0 Å². The zero-order chi connectivity index (χ0) is 16.5. The Balaban J connectivity index is 1.62. The van der Waals surface area contributed by atoms with Gasteiger partial charge in [-0.05, 0) is 42.0 Å². The normalized spacial score (nSPS) is 12.4. The summed E-state index contributed by atoms with van der Waals surface area (Å²) >= 11 is 0. The van der Waals surface area contributed by atoms with E-state index in [4.69, 9.17) is 4.74 Å². The van der Waals surface area contributed by atoms with Gasteiger partial charge in [0.15, 0.2) is 0 Å². The maximum absolute atomic E-state index is 12.5. The first-order chi connectivity index (χ1) is 11.7. The van der Waals surface area contributed by atoms with Crippen molar-refractivity contribution < 1.29 is 9.53 Å². The summed E-state index contributed by atoms with van der Waals surface area (Å²) in [5.74, 6) is -0.289. The molecule has 0 amide bonds. The van der Waals surface area contributed by atoms with E-state index in [1.807, 2.05) is 43.3 Å². The number of hydrogen-bond donors (Lipinski definition) is 1. The van der Waals surface area contributed by atoms with Crippen molar-refractivity contribution in [1.29, 1.82) is 0 Å². The fraction of sp³-hybridized carbons (Fsp3) is 0.190. The largest absolute Gasteiger partial charge is 0.456 e. The Labute approximate surface area is 141 Å². The van der Waals surface area contributed by atoms with Crippen molar-refractivity contribution in [2.75, 3.05) is 0 Å². The van der Waals surface area contributed by atoms with Crippen LogP contribution in [0.25, 0.3) is 11.1 Å². The molecular formula is C21H19NO2. The maximum atomic E-state index is 12.5. The number of aromatic amines is 1. The molecule has 0 radical (unpaired) electrons. The van der Waals surface area contributed by atoms with Crippen molar-refractivity contribution in [1.82, 2.24) is 4.98 Å². The number of aromatic nitrogens is 1.